The molecule has 0 unspecified atom stereocenters. The van der Waals surface area contributed by atoms with Crippen molar-refractivity contribution in [3.8, 4) is 16.3 Å². The van der Waals surface area contributed by atoms with Gasteiger partial charge in [-0.15, -0.1) is 11.3 Å². The van der Waals surface area contributed by atoms with E-state index in [0.29, 0.717) is 0 Å². The molecular weight excluding hydrogens is 280 g/mol. The molecular formula is C17H22N2OS. The molecule has 0 bridgehead atoms. The summed E-state index contributed by atoms with van der Waals surface area (Å²) in [5.41, 5.74) is 2.31. The highest BCUT2D eigenvalue weighted by Crippen LogP contribution is 2.43. The highest BCUT2D eigenvalue weighted by Gasteiger charge is 2.32. The third-order valence-electron chi connectivity index (χ3n) is 3.60. The number of hydrogen-bond donors (Lipinski definition) is 1. The van der Waals surface area contributed by atoms with Crippen LogP contribution in [-0.4, -0.2) is 17.1 Å². The smallest absolute Gasteiger partial charge is 0.133 e. The molecule has 112 valence electrons. The van der Waals surface area contributed by atoms with Gasteiger partial charge in [-0.3, -0.25) is 0 Å². The van der Waals surface area contributed by atoms with Gasteiger partial charge in [-0.25, -0.2) is 4.98 Å². The Morgan fingerprint density at radius 2 is 2.24 bits per heavy atom. The fourth-order valence-corrected chi connectivity index (χ4v) is 3.59. The van der Waals surface area contributed by atoms with Crippen molar-refractivity contribution in [2.45, 2.75) is 45.8 Å². The number of nitrogens with one attached hydrogen (secondary N) is 1. The predicted molar refractivity (Wildman–Crippen MR) is 88.0 cm³/mol. The second-order valence-corrected chi connectivity index (χ2v) is 7.26. The van der Waals surface area contributed by atoms with Crippen molar-refractivity contribution in [2.24, 2.45) is 0 Å². The molecule has 2 heterocycles. The van der Waals surface area contributed by atoms with Crippen LogP contribution in [0.5, 0.6) is 5.75 Å². The summed E-state index contributed by atoms with van der Waals surface area (Å²) in [6.07, 6.45) is 4.09. The highest BCUT2D eigenvalue weighted by molar-refractivity contribution is 7.15. The summed E-state index contributed by atoms with van der Waals surface area (Å²) in [6, 6.07) is 6.38. The molecule has 0 spiro atoms. The lowest BCUT2D eigenvalue weighted by atomic mass is 10.0. The molecule has 1 aromatic carbocycles. The van der Waals surface area contributed by atoms with Crippen molar-refractivity contribution in [1.82, 2.24) is 10.3 Å². The lowest BCUT2D eigenvalue weighted by molar-refractivity contribution is 0.139. The normalized spacial score (nSPS) is 15.8. The van der Waals surface area contributed by atoms with Crippen molar-refractivity contribution >= 4 is 11.3 Å². The summed E-state index contributed by atoms with van der Waals surface area (Å²) in [5, 5.41) is 4.47. The second-order valence-electron chi connectivity index (χ2n) is 6.14. The Bertz CT molecular complexity index is 633. The number of rotatable bonds is 5. The molecule has 3 rings (SSSR count). The number of para-hydroxylation sites is 1. The van der Waals surface area contributed by atoms with Crippen molar-refractivity contribution in [3.05, 3.63) is 34.8 Å². The molecule has 21 heavy (non-hydrogen) atoms. The van der Waals surface area contributed by atoms with Gasteiger partial charge in [0.05, 0.1) is 5.56 Å². The van der Waals surface area contributed by atoms with Crippen LogP contribution in [0.15, 0.2) is 24.4 Å². The molecule has 0 fully saturated rings. The number of ether oxygens (including phenoxy) is 1. The Labute approximate surface area is 130 Å². The molecule has 0 saturated carbocycles. The van der Waals surface area contributed by atoms with Crippen LogP contribution >= 0.6 is 11.3 Å². The monoisotopic (exact) mass is 302 g/mol. The average Bonchev–Trinajstić information content (AvgIpc) is 3.01. The molecule has 0 saturated heterocycles. The fourth-order valence-electron chi connectivity index (χ4n) is 2.69. The summed E-state index contributed by atoms with van der Waals surface area (Å²) in [5.74, 6) is 1.02. The van der Waals surface area contributed by atoms with Gasteiger partial charge in [0, 0.05) is 24.0 Å². The maximum absolute atomic E-state index is 6.14. The Hall–Kier alpha value is -1.39. The van der Waals surface area contributed by atoms with Crippen LogP contribution in [0, 0.1) is 0 Å². The highest BCUT2D eigenvalue weighted by atomic mass is 32.1. The first-order valence-electron chi connectivity index (χ1n) is 7.56. The van der Waals surface area contributed by atoms with Crippen molar-refractivity contribution < 1.29 is 4.74 Å². The number of thiazole rings is 1. The zero-order chi connectivity index (χ0) is 14.9. The third kappa shape index (κ3) is 3.11. The van der Waals surface area contributed by atoms with E-state index in [1.54, 1.807) is 11.3 Å². The largest absolute Gasteiger partial charge is 0.486 e. The minimum atomic E-state index is -0.110. The zero-order valence-electron chi connectivity index (χ0n) is 12.9. The van der Waals surface area contributed by atoms with Crippen LogP contribution in [-0.2, 0) is 13.0 Å². The number of aromatic nitrogens is 1. The predicted octanol–water partition coefficient (Wildman–Crippen LogP) is 4.02. The topological polar surface area (TPSA) is 34.2 Å². The summed E-state index contributed by atoms with van der Waals surface area (Å²) in [6.45, 7) is 8.40. The number of benzene rings is 1. The fraction of sp³-hybridized carbons (Fsp3) is 0.471. The first-order valence-corrected chi connectivity index (χ1v) is 8.37. The van der Waals surface area contributed by atoms with Gasteiger partial charge in [0.1, 0.15) is 16.4 Å². The van der Waals surface area contributed by atoms with Gasteiger partial charge in [-0.2, -0.15) is 0 Å². The van der Waals surface area contributed by atoms with Gasteiger partial charge in [0.25, 0.3) is 0 Å². The van der Waals surface area contributed by atoms with Crippen LogP contribution in [0.25, 0.3) is 10.6 Å². The Balaban J connectivity index is 1.84. The molecule has 1 N–H and O–H groups in total. The molecule has 2 aromatic rings. The molecule has 0 atom stereocenters. The van der Waals surface area contributed by atoms with Gasteiger partial charge in [0.2, 0.25) is 0 Å². The summed E-state index contributed by atoms with van der Waals surface area (Å²) >= 11 is 1.75. The minimum absolute atomic E-state index is 0.110. The first-order chi connectivity index (χ1) is 10.1. The van der Waals surface area contributed by atoms with E-state index in [9.17, 15) is 0 Å². The second kappa shape index (κ2) is 5.78. The van der Waals surface area contributed by atoms with Crippen molar-refractivity contribution in [1.29, 1.82) is 0 Å². The Morgan fingerprint density at radius 1 is 1.38 bits per heavy atom. The number of nitrogens with zero attached hydrogens (tertiary/aromatic N) is 1. The van der Waals surface area contributed by atoms with E-state index in [4.69, 9.17) is 4.74 Å². The van der Waals surface area contributed by atoms with Crippen LogP contribution in [0.2, 0.25) is 0 Å². The van der Waals surface area contributed by atoms with Crippen LogP contribution in [0.1, 0.15) is 37.6 Å². The minimum Gasteiger partial charge on any atom is -0.486 e. The maximum Gasteiger partial charge on any atom is 0.133 e. The van der Waals surface area contributed by atoms with Gasteiger partial charge in [-0.1, -0.05) is 19.1 Å². The van der Waals surface area contributed by atoms with Gasteiger partial charge in [-0.05, 0) is 38.4 Å². The molecule has 1 aliphatic rings. The van der Waals surface area contributed by atoms with E-state index in [1.807, 2.05) is 6.20 Å². The molecule has 0 aliphatic carbocycles. The maximum atomic E-state index is 6.14. The lowest BCUT2D eigenvalue weighted by Gasteiger charge is -2.17. The molecule has 1 aliphatic heterocycles. The average molecular weight is 302 g/mol. The summed E-state index contributed by atoms with van der Waals surface area (Å²) in [7, 11) is 0. The quantitative estimate of drug-likeness (QED) is 0.847. The van der Waals surface area contributed by atoms with Gasteiger partial charge < -0.3 is 10.1 Å². The van der Waals surface area contributed by atoms with E-state index in [1.165, 1.54) is 10.4 Å². The SMILES string of the molecule is CCCNCc1cnc(-c2cccc3c2OC(C)(C)C3)s1. The van der Waals surface area contributed by atoms with E-state index >= 15 is 0 Å². The van der Waals surface area contributed by atoms with Crippen molar-refractivity contribution in [3.63, 3.8) is 0 Å². The van der Waals surface area contributed by atoms with Crippen molar-refractivity contribution in [2.75, 3.05) is 6.54 Å². The molecule has 1 aromatic heterocycles. The van der Waals surface area contributed by atoms with Gasteiger partial charge in [0.15, 0.2) is 0 Å². The van der Waals surface area contributed by atoms with Crippen LogP contribution in [0.4, 0.5) is 0 Å². The van der Waals surface area contributed by atoms with Gasteiger partial charge >= 0.3 is 0 Å². The molecule has 4 heteroatoms. The summed E-state index contributed by atoms with van der Waals surface area (Å²) in [4.78, 5) is 5.86. The zero-order valence-corrected chi connectivity index (χ0v) is 13.7. The molecule has 0 radical (unpaired) electrons. The van der Waals surface area contributed by atoms with E-state index in [-0.39, 0.29) is 5.60 Å². The van der Waals surface area contributed by atoms with E-state index < -0.39 is 0 Å². The lowest BCUT2D eigenvalue weighted by Crippen LogP contribution is -2.24. The van der Waals surface area contributed by atoms with E-state index in [2.05, 4.69) is 49.3 Å². The first kappa shape index (κ1) is 14.5. The van der Waals surface area contributed by atoms with Crippen LogP contribution in [0.3, 0.4) is 0 Å². The summed E-state index contributed by atoms with van der Waals surface area (Å²) < 4.78 is 6.14. The Morgan fingerprint density at radius 3 is 3.05 bits per heavy atom. The Kier molecular flexibility index (Phi) is 4.00. The van der Waals surface area contributed by atoms with Crippen LogP contribution < -0.4 is 10.1 Å². The third-order valence-corrected chi connectivity index (χ3v) is 4.63. The van der Waals surface area contributed by atoms with E-state index in [0.717, 1.165) is 42.3 Å². The number of fused-ring (bicyclic) bond motifs is 1. The number of hydrogen-bond acceptors (Lipinski definition) is 4. The molecule has 0 amide bonds. The standard InChI is InChI=1S/C17H22N2OS/c1-4-8-18-10-13-11-19-16(21-13)14-7-5-6-12-9-17(2,3)20-15(12)14/h5-7,11,18H,4,8-10H2,1-3H3. The molecule has 3 nitrogen and oxygen atoms in total.